The molecular weight excluding hydrogens is 340 g/mol. The molecule has 1 saturated heterocycles. The number of thiophene rings is 1. The highest BCUT2D eigenvalue weighted by Gasteiger charge is 2.38. The predicted octanol–water partition coefficient (Wildman–Crippen LogP) is 2.92. The number of rotatable bonds is 2. The van der Waals surface area contributed by atoms with E-state index in [1.54, 1.807) is 11.3 Å². The van der Waals surface area contributed by atoms with Gasteiger partial charge in [0.05, 0.1) is 5.92 Å². The summed E-state index contributed by atoms with van der Waals surface area (Å²) in [5, 5.41) is 12.7. The molecule has 128 valence electrons. The molecule has 0 radical (unpaired) electrons. The summed E-state index contributed by atoms with van der Waals surface area (Å²) < 4.78 is 0. The zero-order valence-corrected chi connectivity index (χ0v) is 15.9. The van der Waals surface area contributed by atoms with Crippen LogP contribution in [-0.4, -0.2) is 40.6 Å². The number of amides is 1. The molecule has 5 nitrogen and oxygen atoms in total. The van der Waals surface area contributed by atoms with Crippen LogP contribution in [0.5, 0.6) is 0 Å². The smallest absolute Gasteiger partial charge is 0.229 e. The molecule has 2 aromatic rings. The number of nitrogens with zero attached hydrogens (tertiary/aromatic N) is 4. The van der Waals surface area contributed by atoms with Crippen molar-refractivity contribution >= 4 is 33.7 Å². The molecular formula is C17H22N4OS2. The third-order valence-corrected chi connectivity index (χ3v) is 7.11. The van der Waals surface area contributed by atoms with Gasteiger partial charge in [0.2, 0.25) is 11.0 Å². The van der Waals surface area contributed by atoms with E-state index >= 15 is 0 Å². The van der Waals surface area contributed by atoms with Crippen LogP contribution < -0.4 is 4.90 Å². The molecule has 0 bridgehead atoms. The number of hydrogen-bond acceptors (Lipinski definition) is 6. The number of hydrogen-bond donors (Lipinski definition) is 0. The Morgan fingerprint density at radius 1 is 1.29 bits per heavy atom. The van der Waals surface area contributed by atoms with Crippen LogP contribution in [0.3, 0.4) is 0 Å². The lowest BCUT2D eigenvalue weighted by atomic mass is 9.97. The molecule has 0 unspecified atom stereocenters. The molecule has 0 N–H and O–H groups in total. The molecule has 2 aromatic heterocycles. The van der Waals surface area contributed by atoms with Crippen molar-refractivity contribution in [1.82, 2.24) is 15.1 Å². The number of fused-ring (bicyclic) bond motifs is 1. The van der Waals surface area contributed by atoms with Crippen LogP contribution in [0.4, 0.5) is 5.13 Å². The highest BCUT2D eigenvalue weighted by atomic mass is 32.1. The maximum Gasteiger partial charge on any atom is 0.229 e. The SMILES string of the molecule is CC(C)(C)c1nnc(N2CC(C(=O)N3CCc4sccc4C3)C2)s1. The molecule has 0 aliphatic carbocycles. The van der Waals surface area contributed by atoms with Crippen molar-refractivity contribution in [3.63, 3.8) is 0 Å². The summed E-state index contributed by atoms with van der Waals surface area (Å²) in [5.41, 5.74) is 1.36. The lowest BCUT2D eigenvalue weighted by Crippen LogP contribution is -2.55. The number of carbonyl (C=O) groups is 1. The molecule has 4 rings (SSSR count). The van der Waals surface area contributed by atoms with Crippen molar-refractivity contribution in [2.75, 3.05) is 24.5 Å². The third-order valence-electron chi connectivity index (χ3n) is 4.68. The van der Waals surface area contributed by atoms with Gasteiger partial charge in [-0.15, -0.1) is 21.5 Å². The van der Waals surface area contributed by atoms with Gasteiger partial charge < -0.3 is 9.80 Å². The fourth-order valence-corrected chi connectivity index (χ4v) is 4.94. The lowest BCUT2D eigenvalue weighted by molar-refractivity contribution is -0.137. The van der Waals surface area contributed by atoms with Crippen molar-refractivity contribution in [1.29, 1.82) is 0 Å². The maximum absolute atomic E-state index is 12.7. The van der Waals surface area contributed by atoms with Gasteiger partial charge in [0.25, 0.3) is 0 Å². The van der Waals surface area contributed by atoms with Crippen molar-refractivity contribution in [2.45, 2.75) is 39.2 Å². The molecule has 24 heavy (non-hydrogen) atoms. The summed E-state index contributed by atoms with van der Waals surface area (Å²) in [7, 11) is 0. The van der Waals surface area contributed by atoms with E-state index < -0.39 is 0 Å². The molecule has 1 fully saturated rings. The summed E-state index contributed by atoms with van der Waals surface area (Å²) in [6.45, 7) is 9.62. The van der Waals surface area contributed by atoms with E-state index in [9.17, 15) is 4.79 Å². The molecule has 0 saturated carbocycles. The van der Waals surface area contributed by atoms with Gasteiger partial charge >= 0.3 is 0 Å². The van der Waals surface area contributed by atoms with Crippen molar-refractivity contribution < 1.29 is 4.79 Å². The number of anilines is 1. The third kappa shape index (κ3) is 2.84. The van der Waals surface area contributed by atoms with E-state index in [0.29, 0.717) is 5.91 Å². The number of aromatic nitrogens is 2. The van der Waals surface area contributed by atoms with Crippen molar-refractivity contribution in [3.05, 3.63) is 26.9 Å². The first kappa shape index (κ1) is 16.0. The summed E-state index contributed by atoms with van der Waals surface area (Å²) >= 11 is 3.45. The molecule has 4 heterocycles. The van der Waals surface area contributed by atoms with Crippen LogP contribution in [0.1, 0.15) is 36.2 Å². The van der Waals surface area contributed by atoms with Crippen LogP contribution in [0.25, 0.3) is 0 Å². The van der Waals surface area contributed by atoms with E-state index in [1.165, 1.54) is 10.4 Å². The van der Waals surface area contributed by atoms with Crippen molar-refractivity contribution in [3.8, 4) is 0 Å². The second-order valence-electron chi connectivity index (χ2n) is 7.62. The van der Waals surface area contributed by atoms with Gasteiger partial charge in [-0.1, -0.05) is 32.1 Å². The number of carbonyl (C=O) groups excluding carboxylic acids is 1. The highest BCUT2D eigenvalue weighted by molar-refractivity contribution is 7.15. The molecule has 7 heteroatoms. The quantitative estimate of drug-likeness (QED) is 0.824. The largest absolute Gasteiger partial charge is 0.345 e. The lowest BCUT2D eigenvalue weighted by Gasteiger charge is -2.41. The zero-order valence-electron chi connectivity index (χ0n) is 14.3. The minimum Gasteiger partial charge on any atom is -0.345 e. The van der Waals surface area contributed by atoms with E-state index in [1.807, 2.05) is 16.2 Å². The fourth-order valence-electron chi connectivity index (χ4n) is 3.13. The van der Waals surface area contributed by atoms with Crippen LogP contribution in [-0.2, 0) is 23.2 Å². The van der Waals surface area contributed by atoms with Gasteiger partial charge in [0, 0.05) is 36.5 Å². The average Bonchev–Trinajstić information content (AvgIpc) is 3.13. The molecule has 2 aliphatic rings. The van der Waals surface area contributed by atoms with Crippen LogP contribution in [0, 0.1) is 5.92 Å². The van der Waals surface area contributed by atoms with Gasteiger partial charge in [-0.3, -0.25) is 4.79 Å². The van der Waals surface area contributed by atoms with Gasteiger partial charge in [-0.25, -0.2) is 0 Å². The summed E-state index contributed by atoms with van der Waals surface area (Å²) in [6.07, 6.45) is 1.00. The Balaban J connectivity index is 1.36. The molecule has 0 aromatic carbocycles. The molecule has 0 spiro atoms. The van der Waals surface area contributed by atoms with Gasteiger partial charge in [0.1, 0.15) is 5.01 Å². The summed E-state index contributed by atoms with van der Waals surface area (Å²) in [4.78, 5) is 18.4. The Morgan fingerprint density at radius 2 is 2.08 bits per heavy atom. The normalized spacial score (nSPS) is 18.5. The van der Waals surface area contributed by atoms with Crippen LogP contribution >= 0.6 is 22.7 Å². The van der Waals surface area contributed by atoms with E-state index in [-0.39, 0.29) is 11.3 Å². The second kappa shape index (κ2) is 5.81. The van der Waals surface area contributed by atoms with Gasteiger partial charge in [-0.05, 0) is 23.4 Å². The Morgan fingerprint density at radius 3 is 2.79 bits per heavy atom. The Kier molecular flexibility index (Phi) is 3.88. The monoisotopic (exact) mass is 362 g/mol. The highest BCUT2D eigenvalue weighted by Crippen LogP contribution is 2.34. The molecule has 0 atom stereocenters. The van der Waals surface area contributed by atoms with Crippen molar-refractivity contribution in [2.24, 2.45) is 5.92 Å². The Labute approximate surface area is 150 Å². The predicted molar refractivity (Wildman–Crippen MR) is 97.8 cm³/mol. The van der Waals surface area contributed by atoms with E-state index in [4.69, 9.17) is 0 Å². The first-order chi connectivity index (χ1) is 11.4. The minimum absolute atomic E-state index is 0.0298. The topological polar surface area (TPSA) is 49.3 Å². The van der Waals surface area contributed by atoms with E-state index in [0.717, 1.165) is 42.7 Å². The average molecular weight is 363 g/mol. The second-order valence-corrected chi connectivity index (χ2v) is 9.58. The first-order valence-electron chi connectivity index (χ1n) is 8.35. The van der Waals surface area contributed by atoms with Gasteiger partial charge in [-0.2, -0.15) is 0 Å². The fraction of sp³-hybridized carbons (Fsp3) is 0.588. The Bertz CT molecular complexity index is 755. The maximum atomic E-state index is 12.7. The molecule has 2 aliphatic heterocycles. The van der Waals surface area contributed by atoms with Crippen LogP contribution in [0.15, 0.2) is 11.4 Å². The minimum atomic E-state index is 0.0298. The zero-order chi connectivity index (χ0) is 16.9. The first-order valence-corrected chi connectivity index (χ1v) is 10.0. The van der Waals surface area contributed by atoms with E-state index in [2.05, 4.69) is 47.3 Å². The Hall–Kier alpha value is -1.47. The van der Waals surface area contributed by atoms with Crippen LogP contribution in [0.2, 0.25) is 0 Å². The standard InChI is InChI=1S/C17H22N4OS2/c1-17(2,3)15-18-19-16(24-15)21-9-12(10-21)14(22)20-6-4-13-11(8-20)5-7-23-13/h5,7,12H,4,6,8-10H2,1-3H3. The summed E-state index contributed by atoms with van der Waals surface area (Å²) in [6, 6.07) is 2.15. The van der Waals surface area contributed by atoms with Gasteiger partial charge in [0.15, 0.2) is 0 Å². The summed E-state index contributed by atoms with van der Waals surface area (Å²) in [5.74, 6) is 0.399. The molecule has 1 amide bonds.